The highest BCUT2D eigenvalue weighted by Gasteiger charge is 2.17. The van der Waals surface area contributed by atoms with E-state index in [0.29, 0.717) is 5.02 Å². The number of methoxy groups -OCH3 is 1. The maximum Gasteiger partial charge on any atom is 0.122 e. The van der Waals surface area contributed by atoms with Gasteiger partial charge in [-0.1, -0.05) is 29.3 Å². The Bertz CT molecular complexity index is 586. The van der Waals surface area contributed by atoms with Crippen LogP contribution in [-0.4, -0.2) is 19.1 Å². The molecule has 2 rings (SSSR count). The number of halogens is 1. The van der Waals surface area contributed by atoms with Gasteiger partial charge in [0.05, 0.1) is 23.9 Å². The Labute approximate surface area is 124 Å². The zero-order valence-electron chi connectivity index (χ0n) is 12.0. The second-order valence-corrected chi connectivity index (χ2v) is 5.14. The molecule has 0 bridgehead atoms. The van der Waals surface area contributed by atoms with Crippen LogP contribution in [-0.2, 0) is 6.42 Å². The van der Waals surface area contributed by atoms with Gasteiger partial charge in [-0.05, 0) is 44.2 Å². The van der Waals surface area contributed by atoms with Crippen molar-refractivity contribution in [2.45, 2.75) is 19.4 Å². The van der Waals surface area contributed by atoms with Crippen LogP contribution < -0.4 is 10.1 Å². The fraction of sp³-hybridized carbons (Fsp3) is 0.312. The second-order valence-electron chi connectivity index (χ2n) is 4.73. The first-order valence-corrected chi connectivity index (χ1v) is 6.94. The molecule has 0 aliphatic rings. The van der Waals surface area contributed by atoms with Gasteiger partial charge in [0, 0.05) is 6.20 Å². The summed E-state index contributed by atoms with van der Waals surface area (Å²) < 4.78 is 5.43. The molecule has 1 unspecified atom stereocenters. The minimum atomic E-state index is 0.0550. The average Bonchev–Trinajstić information content (AvgIpc) is 2.46. The number of rotatable bonds is 5. The van der Waals surface area contributed by atoms with E-state index in [9.17, 15) is 0 Å². The monoisotopic (exact) mass is 290 g/mol. The Morgan fingerprint density at radius 3 is 2.80 bits per heavy atom. The lowest BCUT2D eigenvalue weighted by molar-refractivity contribution is 0.406. The summed E-state index contributed by atoms with van der Waals surface area (Å²) in [5.74, 6) is 0.892. The van der Waals surface area contributed by atoms with Gasteiger partial charge in [0.25, 0.3) is 0 Å². The van der Waals surface area contributed by atoms with Gasteiger partial charge in [-0.25, -0.2) is 0 Å². The number of aromatic nitrogens is 1. The van der Waals surface area contributed by atoms with Crippen molar-refractivity contribution in [2.75, 3.05) is 14.2 Å². The van der Waals surface area contributed by atoms with E-state index in [2.05, 4.69) is 23.3 Å². The number of hydrogen-bond donors (Lipinski definition) is 1. The second kappa shape index (κ2) is 6.73. The van der Waals surface area contributed by atoms with E-state index in [4.69, 9.17) is 16.3 Å². The molecular weight excluding hydrogens is 272 g/mol. The highest BCUT2D eigenvalue weighted by Crippen LogP contribution is 2.28. The Morgan fingerprint density at radius 2 is 2.15 bits per heavy atom. The topological polar surface area (TPSA) is 34.1 Å². The molecule has 20 heavy (non-hydrogen) atoms. The summed E-state index contributed by atoms with van der Waals surface area (Å²) in [7, 11) is 3.61. The number of benzene rings is 1. The molecule has 1 N–H and O–H groups in total. The predicted molar refractivity (Wildman–Crippen MR) is 82.5 cm³/mol. The normalized spacial score (nSPS) is 12.2. The number of nitrogens with one attached hydrogen (secondary N) is 1. The summed E-state index contributed by atoms with van der Waals surface area (Å²) in [6.45, 7) is 2.07. The number of nitrogens with zero attached hydrogens (tertiary/aromatic N) is 1. The lowest BCUT2D eigenvalue weighted by Gasteiger charge is -2.18. The van der Waals surface area contributed by atoms with Crippen LogP contribution in [0.1, 0.15) is 22.9 Å². The van der Waals surface area contributed by atoms with Gasteiger partial charge in [-0.2, -0.15) is 0 Å². The van der Waals surface area contributed by atoms with Crippen molar-refractivity contribution in [3.05, 3.63) is 58.4 Å². The summed E-state index contributed by atoms with van der Waals surface area (Å²) in [4.78, 5) is 4.39. The zero-order chi connectivity index (χ0) is 14.5. The van der Waals surface area contributed by atoms with E-state index < -0.39 is 0 Å². The first kappa shape index (κ1) is 14.8. The number of likely N-dealkylation sites (N-methyl/N-ethyl adjacent to an activating group) is 1. The van der Waals surface area contributed by atoms with Gasteiger partial charge in [-0.15, -0.1) is 0 Å². The SMILES string of the molecule is CNC(Cc1cc(C)ccc1OC)c1ncccc1Cl. The van der Waals surface area contributed by atoms with Gasteiger partial charge in [-0.3, -0.25) is 4.98 Å². The Kier molecular flexibility index (Phi) is 4.99. The molecule has 0 saturated heterocycles. The number of hydrogen-bond acceptors (Lipinski definition) is 3. The molecule has 106 valence electrons. The first-order chi connectivity index (χ1) is 9.65. The van der Waals surface area contributed by atoms with Crippen molar-refractivity contribution in [1.29, 1.82) is 0 Å². The number of ether oxygens (including phenoxy) is 1. The van der Waals surface area contributed by atoms with Crippen molar-refractivity contribution < 1.29 is 4.74 Å². The third-order valence-corrected chi connectivity index (χ3v) is 3.65. The maximum atomic E-state index is 6.24. The van der Waals surface area contributed by atoms with Crippen LogP contribution in [0.25, 0.3) is 0 Å². The highest BCUT2D eigenvalue weighted by molar-refractivity contribution is 6.31. The van der Waals surface area contributed by atoms with E-state index >= 15 is 0 Å². The average molecular weight is 291 g/mol. The molecule has 1 aromatic heterocycles. The summed E-state index contributed by atoms with van der Waals surface area (Å²) in [6, 6.07) is 9.94. The van der Waals surface area contributed by atoms with E-state index in [1.807, 2.05) is 31.3 Å². The molecule has 4 heteroatoms. The van der Waals surface area contributed by atoms with Gasteiger partial charge >= 0.3 is 0 Å². The van der Waals surface area contributed by atoms with Crippen LogP contribution in [0.15, 0.2) is 36.5 Å². The predicted octanol–water partition coefficient (Wildman–Crippen LogP) is 3.56. The van der Waals surface area contributed by atoms with Crippen LogP contribution >= 0.6 is 11.6 Å². The van der Waals surface area contributed by atoms with E-state index in [0.717, 1.165) is 23.4 Å². The molecule has 2 aromatic rings. The van der Waals surface area contributed by atoms with Crippen LogP contribution in [0.3, 0.4) is 0 Å². The third kappa shape index (κ3) is 3.30. The zero-order valence-corrected chi connectivity index (χ0v) is 12.7. The smallest absolute Gasteiger partial charge is 0.122 e. The number of pyridine rings is 1. The Balaban J connectivity index is 2.31. The summed E-state index contributed by atoms with van der Waals surface area (Å²) in [5, 5.41) is 3.96. The summed E-state index contributed by atoms with van der Waals surface area (Å²) in [6.07, 6.45) is 2.54. The summed E-state index contributed by atoms with van der Waals surface area (Å²) in [5.41, 5.74) is 3.22. The molecule has 0 saturated carbocycles. The Morgan fingerprint density at radius 1 is 1.35 bits per heavy atom. The number of aryl methyl sites for hydroxylation is 1. The molecule has 0 spiro atoms. The quantitative estimate of drug-likeness (QED) is 0.914. The lowest BCUT2D eigenvalue weighted by Crippen LogP contribution is -2.20. The van der Waals surface area contributed by atoms with Crippen molar-refractivity contribution in [2.24, 2.45) is 0 Å². The minimum Gasteiger partial charge on any atom is -0.496 e. The van der Waals surface area contributed by atoms with Gasteiger partial charge < -0.3 is 10.1 Å². The van der Waals surface area contributed by atoms with Crippen molar-refractivity contribution >= 4 is 11.6 Å². The van der Waals surface area contributed by atoms with Crippen LogP contribution in [0, 0.1) is 6.92 Å². The van der Waals surface area contributed by atoms with Gasteiger partial charge in [0.1, 0.15) is 5.75 Å². The molecule has 1 atom stereocenters. The fourth-order valence-corrected chi connectivity index (χ4v) is 2.53. The molecule has 0 aliphatic carbocycles. The van der Waals surface area contributed by atoms with Gasteiger partial charge in [0.15, 0.2) is 0 Å². The first-order valence-electron chi connectivity index (χ1n) is 6.57. The van der Waals surface area contributed by atoms with Crippen LogP contribution in [0.4, 0.5) is 0 Å². The maximum absolute atomic E-state index is 6.24. The molecule has 0 amide bonds. The van der Waals surface area contributed by atoms with E-state index in [1.54, 1.807) is 13.3 Å². The highest BCUT2D eigenvalue weighted by atomic mass is 35.5. The molecule has 1 aromatic carbocycles. The molecule has 1 heterocycles. The van der Waals surface area contributed by atoms with Crippen molar-refractivity contribution in [3.63, 3.8) is 0 Å². The fourth-order valence-electron chi connectivity index (χ4n) is 2.28. The molecular formula is C16H19ClN2O. The molecule has 0 radical (unpaired) electrons. The third-order valence-electron chi connectivity index (χ3n) is 3.33. The lowest BCUT2D eigenvalue weighted by atomic mass is 10.00. The molecule has 0 aliphatic heterocycles. The van der Waals surface area contributed by atoms with E-state index in [-0.39, 0.29) is 6.04 Å². The van der Waals surface area contributed by atoms with Crippen molar-refractivity contribution in [3.8, 4) is 5.75 Å². The van der Waals surface area contributed by atoms with Gasteiger partial charge in [0.2, 0.25) is 0 Å². The van der Waals surface area contributed by atoms with Crippen molar-refractivity contribution in [1.82, 2.24) is 10.3 Å². The summed E-state index contributed by atoms with van der Waals surface area (Å²) >= 11 is 6.24. The largest absolute Gasteiger partial charge is 0.496 e. The molecule has 3 nitrogen and oxygen atoms in total. The van der Waals surface area contributed by atoms with Crippen LogP contribution in [0.2, 0.25) is 5.02 Å². The molecule has 0 fully saturated rings. The minimum absolute atomic E-state index is 0.0550. The van der Waals surface area contributed by atoms with Crippen LogP contribution in [0.5, 0.6) is 5.75 Å². The van der Waals surface area contributed by atoms with E-state index in [1.165, 1.54) is 5.56 Å². The standard InChI is InChI=1S/C16H19ClN2O/c1-11-6-7-15(20-3)12(9-11)10-14(18-2)16-13(17)5-4-8-19-16/h4-9,14,18H,10H2,1-3H3. The Hall–Kier alpha value is -1.58.